The number of aryl methyl sites for hydroxylation is 1. The van der Waals surface area contributed by atoms with Gasteiger partial charge in [-0.1, -0.05) is 49.6 Å². The Labute approximate surface area is 121 Å². The largest absolute Gasteiger partial charge is 0.368 e. The van der Waals surface area contributed by atoms with Gasteiger partial charge in [-0.25, -0.2) is 0 Å². The molecule has 1 saturated carbocycles. The fraction of sp³-hybridized carbons (Fsp3) is 0.471. The minimum Gasteiger partial charge on any atom is -0.368 e. The molecule has 0 amide bonds. The van der Waals surface area contributed by atoms with Gasteiger partial charge in [0.15, 0.2) is 5.82 Å². The van der Waals surface area contributed by atoms with Crippen molar-refractivity contribution in [3.05, 3.63) is 36.5 Å². The molecule has 3 rings (SSSR count). The summed E-state index contributed by atoms with van der Waals surface area (Å²) in [5.74, 6) is 1.83. The second-order valence-corrected chi connectivity index (χ2v) is 5.82. The van der Waals surface area contributed by atoms with Gasteiger partial charge < -0.3 is 5.32 Å². The van der Waals surface area contributed by atoms with Gasteiger partial charge in [-0.3, -0.25) is 4.68 Å². The van der Waals surface area contributed by atoms with Gasteiger partial charge in [-0.05, 0) is 24.3 Å². The molecule has 1 aliphatic carbocycles. The van der Waals surface area contributed by atoms with Crippen LogP contribution in [0.5, 0.6) is 0 Å². The molecule has 0 saturated heterocycles. The lowest BCUT2D eigenvalue weighted by Crippen LogP contribution is -2.17. The molecule has 0 atom stereocenters. The Hall–Kier alpha value is -1.77. The van der Waals surface area contributed by atoms with Gasteiger partial charge in [-0.2, -0.15) is 5.10 Å². The van der Waals surface area contributed by atoms with E-state index in [-0.39, 0.29) is 0 Å². The molecule has 1 aromatic carbocycles. The molecule has 1 N–H and O–H groups in total. The van der Waals surface area contributed by atoms with Crippen LogP contribution in [-0.4, -0.2) is 16.3 Å². The highest BCUT2D eigenvalue weighted by molar-refractivity contribution is 5.74. The number of rotatable bonds is 4. The zero-order valence-electron chi connectivity index (χ0n) is 12.2. The first-order valence-corrected chi connectivity index (χ1v) is 7.66. The number of nitrogens with one attached hydrogen (secondary N) is 1. The number of hydrogen-bond donors (Lipinski definition) is 1. The monoisotopic (exact) mass is 269 g/mol. The molecule has 3 heteroatoms. The average Bonchev–Trinajstić information content (AvgIpc) is 2.88. The van der Waals surface area contributed by atoms with Crippen molar-refractivity contribution in [2.24, 2.45) is 13.0 Å². The lowest BCUT2D eigenvalue weighted by molar-refractivity contribution is 0.373. The smallest absolute Gasteiger partial charge is 0.155 e. The molecule has 1 aliphatic rings. The first-order valence-electron chi connectivity index (χ1n) is 7.66. The molecule has 0 bridgehead atoms. The molecule has 3 nitrogen and oxygen atoms in total. The molecule has 0 spiro atoms. The molecule has 20 heavy (non-hydrogen) atoms. The second kappa shape index (κ2) is 6.12. The fourth-order valence-corrected chi connectivity index (χ4v) is 3.08. The van der Waals surface area contributed by atoms with Gasteiger partial charge in [-0.15, -0.1) is 0 Å². The minimum absolute atomic E-state index is 0.814. The maximum absolute atomic E-state index is 4.58. The van der Waals surface area contributed by atoms with Crippen molar-refractivity contribution in [1.29, 1.82) is 0 Å². The zero-order chi connectivity index (χ0) is 13.8. The Balaban J connectivity index is 1.73. The van der Waals surface area contributed by atoms with Gasteiger partial charge in [0.25, 0.3) is 0 Å². The second-order valence-electron chi connectivity index (χ2n) is 5.82. The summed E-state index contributed by atoms with van der Waals surface area (Å²) in [6.45, 7) is 1.05. The van der Waals surface area contributed by atoms with Crippen LogP contribution in [0.25, 0.3) is 11.1 Å². The molecular formula is C17H23N3. The van der Waals surface area contributed by atoms with Crippen LogP contribution >= 0.6 is 0 Å². The Morgan fingerprint density at radius 1 is 1.15 bits per heavy atom. The van der Waals surface area contributed by atoms with Gasteiger partial charge >= 0.3 is 0 Å². The Morgan fingerprint density at radius 2 is 1.90 bits per heavy atom. The first kappa shape index (κ1) is 13.2. The van der Waals surface area contributed by atoms with Gasteiger partial charge in [0.2, 0.25) is 0 Å². The van der Waals surface area contributed by atoms with Crippen LogP contribution in [-0.2, 0) is 7.05 Å². The van der Waals surface area contributed by atoms with Crippen LogP contribution in [0.2, 0.25) is 0 Å². The van der Waals surface area contributed by atoms with Crippen LogP contribution in [0.15, 0.2) is 36.5 Å². The van der Waals surface area contributed by atoms with Crippen LogP contribution in [0.4, 0.5) is 5.82 Å². The summed E-state index contributed by atoms with van der Waals surface area (Å²) in [4.78, 5) is 0. The maximum atomic E-state index is 4.58. The van der Waals surface area contributed by atoms with E-state index in [1.807, 2.05) is 11.7 Å². The Bertz CT molecular complexity index is 539. The molecule has 0 unspecified atom stereocenters. The van der Waals surface area contributed by atoms with Crippen molar-refractivity contribution in [1.82, 2.24) is 9.78 Å². The lowest BCUT2D eigenvalue weighted by Gasteiger charge is -2.21. The van der Waals surface area contributed by atoms with E-state index in [1.165, 1.54) is 43.2 Å². The topological polar surface area (TPSA) is 29.9 Å². The highest BCUT2D eigenvalue weighted by atomic mass is 15.3. The molecule has 106 valence electrons. The maximum Gasteiger partial charge on any atom is 0.155 e. The van der Waals surface area contributed by atoms with Crippen LogP contribution in [0.1, 0.15) is 32.1 Å². The van der Waals surface area contributed by atoms with Crippen molar-refractivity contribution in [3.8, 4) is 11.1 Å². The summed E-state index contributed by atoms with van der Waals surface area (Å²) >= 11 is 0. The van der Waals surface area contributed by atoms with E-state index in [2.05, 4.69) is 46.9 Å². The van der Waals surface area contributed by atoms with E-state index in [1.54, 1.807) is 0 Å². The van der Waals surface area contributed by atoms with E-state index in [0.717, 1.165) is 18.3 Å². The summed E-state index contributed by atoms with van der Waals surface area (Å²) in [5, 5.41) is 8.15. The third-order valence-electron chi connectivity index (χ3n) is 4.20. The molecule has 1 aromatic heterocycles. The molecule has 1 fully saturated rings. The van der Waals surface area contributed by atoms with Gasteiger partial charge in [0, 0.05) is 25.4 Å². The predicted molar refractivity (Wildman–Crippen MR) is 83.7 cm³/mol. The molecule has 1 heterocycles. The van der Waals surface area contributed by atoms with E-state index in [4.69, 9.17) is 0 Å². The predicted octanol–water partition coefficient (Wildman–Crippen LogP) is 4.08. The van der Waals surface area contributed by atoms with E-state index < -0.39 is 0 Å². The fourth-order valence-electron chi connectivity index (χ4n) is 3.08. The van der Waals surface area contributed by atoms with Crippen molar-refractivity contribution in [3.63, 3.8) is 0 Å². The summed E-state index contributed by atoms with van der Waals surface area (Å²) in [7, 11) is 1.98. The normalized spacial score (nSPS) is 16.2. The summed E-state index contributed by atoms with van der Waals surface area (Å²) < 4.78 is 1.89. The van der Waals surface area contributed by atoms with E-state index in [0.29, 0.717) is 0 Å². The summed E-state index contributed by atoms with van der Waals surface area (Å²) in [5.41, 5.74) is 2.43. The van der Waals surface area contributed by atoms with E-state index >= 15 is 0 Å². The van der Waals surface area contributed by atoms with E-state index in [9.17, 15) is 0 Å². The molecule has 0 aliphatic heterocycles. The Kier molecular flexibility index (Phi) is 4.05. The highest BCUT2D eigenvalue weighted by Crippen LogP contribution is 2.28. The van der Waals surface area contributed by atoms with Gasteiger partial charge in [0.05, 0.1) is 0 Å². The van der Waals surface area contributed by atoms with Crippen molar-refractivity contribution >= 4 is 5.82 Å². The van der Waals surface area contributed by atoms with Crippen molar-refractivity contribution in [2.45, 2.75) is 32.1 Å². The molecule has 0 radical (unpaired) electrons. The third kappa shape index (κ3) is 3.03. The average molecular weight is 269 g/mol. The number of aromatic nitrogens is 2. The number of nitrogens with zero attached hydrogens (tertiary/aromatic N) is 2. The molecule has 2 aromatic rings. The third-order valence-corrected chi connectivity index (χ3v) is 4.20. The molecular weight excluding hydrogens is 246 g/mol. The van der Waals surface area contributed by atoms with Crippen molar-refractivity contribution in [2.75, 3.05) is 11.9 Å². The quantitative estimate of drug-likeness (QED) is 0.906. The SMILES string of the molecule is Cn1cc(-c2ccccc2)c(NCC2CCCCC2)n1. The van der Waals surface area contributed by atoms with Crippen LogP contribution in [0.3, 0.4) is 0 Å². The van der Waals surface area contributed by atoms with Crippen LogP contribution < -0.4 is 5.32 Å². The highest BCUT2D eigenvalue weighted by Gasteiger charge is 2.15. The summed E-state index contributed by atoms with van der Waals surface area (Å²) in [6.07, 6.45) is 9.01. The van der Waals surface area contributed by atoms with Gasteiger partial charge in [0.1, 0.15) is 0 Å². The number of benzene rings is 1. The zero-order valence-corrected chi connectivity index (χ0v) is 12.2. The lowest BCUT2D eigenvalue weighted by atomic mass is 9.89. The Morgan fingerprint density at radius 3 is 2.65 bits per heavy atom. The van der Waals surface area contributed by atoms with Crippen LogP contribution in [0, 0.1) is 5.92 Å². The summed E-state index contributed by atoms with van der Waals surface area (Å²) in [6, 6.07) is 10.5. The first-order chi connectivity index (χ1) is 9.83. The number of hydrogen-bond acceptors (Lipinski definition) is 2. The standard InChI is InChI=1S/C17H23N3/c1-20-13-16(15-10-6-3-7-11-15)17(19-20)18-12-14-8-4-2-5-9-14/h3,6-7,10-11,13-14H,2,4-5,8-9,12H2,1H3,(H,18,19). The van der Waals surface area contributed by atoms with Crippen molar-refractivity contribution < 1.29 is 0 Å². The number of anilines is 1. The minimum atomic E-state index is 0.814.